The molecule has 0 saturated carbocycles. The smallest absolute Gasteiger partial charge is 0.122 e. The van der Waals surface area contributed by atoms with Crippen LogP contribution in [0.5, 0.6) is 5.75 Å². The lowest BCUT2D eigenvalue weighted by atomic mass is 9.93. The highest BCUT2D eigenvalue weighted by Gasteiger charge is 2.23. The van der Waals surface area contributed by atoms with Crippen molar-refractivity contribution in [3.63, 3.8) is 0 Å². The highest BCUT2D eigenvalue weighted by molar-refractivity contribution is 5.39. The Labute approximate surface area is 129 Å². The SMILES string of the molecule is CCOC(C(C)C)C(CCc1ccc2c(c1)CCO2)NC. The van der Waals surface area contributed by atoms with Gasteiger partial charge < -0.3 is 14.8 Å². The number of fused-ring (bicyclic) bond motifs is 1. The van der Waals surface area contributed by atoms with Crippen molar-refractivity contribution in [3.05, 3.63) is 29.3 Å². The van der Waals surface area contributed by atoms with Gasteiger partial charge >= 0.3 is 0 Å². The zero-order chi connectivity index (χ0) is 15.2. The van der Waals surface area contributed by atoms with Crippen LogP contribution in [0, 0.1) is 5.92 Å². The summed E-state index contributed by atoms with van der Waals surface area (Å²) in [5.74, 6) is 1.59. The quantitative estimate of drug-likeness (QED) is 0.798. The first-order valence-corrected chi connectivity index (χ1v) is 8.19. The number of rotatable bonds is 8. The Bertz CT molecular complexity index is 445. The van der Waals surface area contributed by atoms with Gasteiger partial charge in [0.25, 0.3) is 0 Å². The number of ether oxygens (including phenoxy) is 2. The van der Waals surface area contributed by atoms with Crippen LogP contribution in [0.25, 0.3) is 0 Å². The van der Waals surface area contributed by atoms with Crippen molar-refractivity contribution in [2.45, 2.75) is 52.2 Å². The van der Waals surface area contributed by atoms with E-state index in [1.165, 1.54) is 11.1 Å². The highest BCUT2D eigenvalue weighted by Crippen LogP contribution is 2.26. The molecule has 21 heavy (non-hydrogen) atoms. The van der Waals surface area contributed by atoms with Crippen LogP contribution in [0.3, 0.4) is 0 Å². The molecule has 0 saturated heterocycles. The molecule has 1 aromatic rings. The van der Waals surface area contributed by atoms with Crippen molar-refractivity contribution < 1.29 is 9.47 Å². The van der Waals surface area contributed by atoms with Gasteiger partial charge in [-0.3, -0.25) is 0 Å². The molecule has 2 rings (SSSR count). The molecule has 1 aromatic carbocycles. The summed E-state index contributed by atoms with van der Waals surface area (Å²) in [6, 6.07) is 7.02. The van der Waals surface area contributed by atoms with Crippen LogP contribution in [-0.4, -0.2) is 32.4 Å². The van der Waals surface area contributed by atoms with Gasteiger partial charge in [-0.05, 0) is 49.9 Å². The lowest BCUT2D eigenvalue weighted by Gasteiger charge is -2.30. The summed E-state index contributed by atoms with van der Waals surface area (Å²) in [6.07, 6.45) is 3.50. The lowest BCUT2D eigenvalue weighted by Crippen LogP contribution is -2.43. The molecule has 0 aromatic heterocycles. The van der Waals surface area contributed by atoms with Gasteiger partial charge in [0.15, 0.2) is 0 Å². The Morgan fingerprint density at radius 2 is 2.14 bits per heavy atom. The molecule has 2 atom stereocenters. The molecule has 3 heteroatoms. The van der Waals surface area contributed by atoms with Crippen molar-refractivity contribution >= 4 is 0 Å². The maximum atomic E-state index is 5.94. The van der Waals surface area contributed by atoms with Crippen LogP contribution in [0.2, 0.25) is 0 Å². The summed E-state index contributed by atoms with van der Waals surface area (Å²) in [6.45, 7) is 8.15. The summed E-state index contributed by atoms with van der Waals surface area (Å²) in [5.41, 5.74) is 2.76. The molecule has 2 unspecified atom stereocenters. The molecule has 3 nitrogen and oxygen atoms in total. The molecule has 1 N–H and O–H groups in total. The molecule has 118 valence electrons. The van der Waals surface area contributed by atoms with E-state index in [1.54, 1.807) is 0 Å². The van der Waals surface area contributed by atoms with Crippen molar-refractivity contribution in [2.75, 3.05) is 20.3 Å². The van der Waals surface area contributed by atoms with Gasteiger partial charge in [-0.1, -0.05) is 26.0 Å². The van der Waals surface area contributed by atoms with E-state index in [4.69, 9.17) is 9.47 Å². The zero-order valence-corrected chi connectivity index (χ0v) is 13.8. The molecule has 0 spiro atoms. The molecule has 1 aliphatic rings. The molecular formula is C18H29NO2. The number of hydrogen-bond acceptors (Lipinski definition) is 3. The van der Waals surface area contributed by atoms with Gasteiger partial charge in [0.05, 0.1) is 12.7 Å². The summed E-state index contributed by atoms with van der Waals surface area (Å²) >= 11 is 0. The zero-order valence-electron chi connectivity index (χ0n) is 13.8. The number of hydrogen-bond donors (Lipinski definition) is 1. The van der Waals surface area contributed by atoms with Gasteiger partial charge in [0, 0.05) is 19.1 Å². The van der Waals surface area contributed by atoms with Gasteiger partial charge in [0.2, 0.25) is 0 Å². The second-order valence-electron chi connectivity index (χ2n) is 6.14. The minimum absolute atomic E-state index is 0.276. The molecular weight excluding hydrogens is 262 g/mol. The predicted octanol–water partition coefficient (Wildman–Crippen LogP) is 3.20. The average molecular weight is 291 g/mol. The van der Waals surface area contributed by atoms with Crippen molar-refractivity contribution in [1.82, 2.24) is 5.32 Å². The Morgan fingerprint density at radius 1 is 1.33 bits per heavy atom. The van der Waals surface area contributed by atoms with E-state index < -0.39 is 0 Å². The first-order chi connectivity index (χ1) is 10.2. The second-order valence-corrected chi connectivity index (χ2v) is 6.14. The van der Waals surface area contributed by atoms with E-state index in [0.717, 1.165) is 38.2 Å². The van der Waals surface area contributed by atoms with Crippen molar-refractivity contribution in [2.24, 2.45) is 5.92 Å². The topological polar surface area (TPSA) is 30.5 Å². The van der Waals surface area contributed by atoms with Crippen LogP contribution >= 0.6 is 0 Å². The van der Waals surface area contributed by atoms with Gasteiger partial charge in [-0.25, -0.2) is 0 Å². The molecule has 0 aliphatic carbocycles. The third-order valence-corrected chi connectivity index (χ3v) is 4.28. The third-order valence-electron chi connectivity index (χ3n) is 4.28. The van der Waals surface area contributed by atoms with Crippen LogP contribution in [0.1, 0.15) is 38.3 Å². The first-order valence-electron chi connectivity index (χ1n) is 8.19. The molecule has 1 heterocycles. The monoisotopic (exact) mass is 291 g/mol. The number of aryl methyl sites for hydroxylation is 1. The van der Waals surface area contributed by atoms with Crippen molar-refractivity contribution in [1.29, 1.82) is 0 Å². The van der Waals surface area contributed by atoms with E-state index >= 15 is 0 Å². The maximum Gasteiger partial charge on any atom is 0.122 e. The largest absolute Gasteiger partial charge is 0.493 e. The Balaban J connectivity index is 1.96. The number of nitrogens with one attached hydrogen (secondary N) is 1. The fourth-order valence-electron chi connectivity index (χ4n) is 3.16. The summed E-state index contributed by atoms with van der Waals surface area (Å²) in [7, 11) is 2.04. The van der Waals surface area contributed by atoms with Crippen LogP contribution < -0.4 is 10.1 Å². The Kier molecular flexibility index (Phi) is 6.07. The van der Waals surface area contributed by atoms with Crippen molar-refractivity contribution in [3.8, 4) is 5.75 Å². The summed E-state index contributed by atoms with van der Waals surface area (Å²) in [5, 5.41) is 3.44. The third kappa shape index (κ3) is 4.21. The highest BCUT2D eigenvalue weighted by atomic mass is 16.5. The lowest BCUT2D eigenvalue weighted by molar-refractivity contribution is 0.00337. The van der Waals surface area contributed by atoms with Crippen LogP contribution in [0.15, 0.2) is 18.2 Å². The van der Waals surface area contributed by atoms with E-state index in [0.29, 0.717) is 12.0 Å². The summed E-state index contributed by atoms with van der Waals surface area (Å²) in [4.78, 5) is 0. The van der Waals surface area contributed by atoms with E-state index in [1.807, 2.05) is 7.05 Å². The maximum absolute atomic E-state index is 5.94. The second kappa shape index (κ2) is 7.81. The standard InChI is InChI=1S/C18H29NO2/c1-5-20-18(13(2)3)16(19-4)8-6-14-7-9-17-15(12-14)10-11-21-17/h7,9,12-13,16,18-19H,5-6,8,10-11H2,1-4H3. The van der Waals surface area contributed by atoms with Crippen LogP contribution in [-0.2, 0) is 17.6 Å². The minimum Gasteiger partial charge on any atom is -0.493 e. The first kappa shape index (κ1) is 16.3. The fourth-order valence-corrected chi connectivity index (χ4v) is 3.16. The predicted molar refractivity (Wildman–Crippen MR) is 87.1 cm³/mol. The Morgan fingerprint density at radius 3 is 2.81 bits per heavy atom. The normalized spacial score (nSPS) is 16.6. The Hall–Kier alpha value is -1.06. The van der Waals surface area contributed by atoms with Gasteiger partial charge in [-0.15, -0.1) is 0 Å². The van der Waals surface area contributed by atoms with Gasteiger partial charge in [-0.2, -0.15) is 0 Å². The average Bonchev–Trinajstić information content (AvgIpc) is 2.94. The molecule has 0 amide bonds. The molecule has 0 bridgehead atoms. The number of benzene rings is 1. The fraction of sp³-hybridized carbons (Fsp3) is 0.667. The van der Waals surface area contributed by atoms with Gasteiger partial charge in [0.1, 0.15) is 5.75 Å². The number of likely N-dealkylation sites (N-methyl/N-ethyl adjacent to an activating group) is 1. The molecule has 0 radical (unpaired) electrons. The minimum atomic E-state index is 0.276. The molecule has 1 aliphatic heterocycles. The molecule has 0 fully saturated rings. The summed E-state index contributed by atoms with van der Waals surface area (Å²) < 4.78 is 11.5. The van der Waals surface area contributed by atoms with Crippen LogP contribution in [0.4, 0.5) is 0 Å². The van der Waals surface area contributed by atoms with E-state index in [2.05, 4.69) is 44.3 Å². The van der Waals surface area contributed by atoms with E-state index in [9.17, 15) is 0 Å². The van der Waals surface area contributed by atoms with E-state index in [-0.39, 0.29) is 6.10 Å².